The Morgan fingerprint density at radius 1 is 1.15 bits per heavy atom. The van der Waals surface area contributed by atoms with Gasteiger partial charge in [0.05, 0.1) is 0 Å². The Bertz CT molecular complexity index is 1010. The minimum Gasteiger partial charge on any atom is -0.507 e. The summed E-state index contributed by atoms with van der Waals surface area (Å²) in [5.41, 5.74) is 1.00. The molecule has 0 aliphatic heterocycles. The van der Waals surface area contributed by atoms with Crippen LogP contribution in [0, 0.1) is 6.92 Å². The summed E-state index contributed by atoms with van der Waals surface area (Å²) in [6, 6.07) is 11.5. The van der Waals surface area contributed by atoms with Crippen LogP contribution in [0.25, 0.3) is 11.0 Å². The van der Waals surface area contributed by atoms with Crippen molar-refractivity contribution in [2.24, 2.45) is 0 Å². The zero-order chi connectivity index (χ0) is 18.8. The first-order valence-corrected chi connectivity index (χ1v) is 7.94. The fourth-order valence-electron chi connectivity index (χ4n) is 2.44. The highest BCUT2D eigenvalue weighted by atomic mass is 32.1. The number of anilines is 1. The largest absolute Gasteiger partial charge is 0.507 e. The van der Waals surface area contributed by atoms with Crippen LogP contribution in [-0.4, -0.2) is 27.2 Å². The number of rotatable bonds is 3. The molecule has 0 bridgehead atoms. The number of aryl methyl sites for hydroxylation is 1. The van der Waals surface area contributed by atoms with Gasteiger partial charge in [-0.1, -0.05) is 18.2 Å². The van der Waals surface area contributed by atoms with Gasteiger partial charge >= 0.3 is 5.97 Å². The second-order valence-electron chi connectivity index (χ2n) is 5.55. The number of para-hydroxylation sites is 1. The summed E-state index contributed by atoms with van der Waals surface area (Å²) in [5, 5.41) is 24.8. The SMILES string of the molecule is Cc1cc(NC(=S)NC(=O)c2cc3ccccc3o2)cc(C(=O)O)c1O. The topological polar surface area (TPSA) is 112 Å². The van der Waals surface area contributed by atoms with E-state index in [2.05, 4.69) is 10.6 Å². The van der Waals surface area contributed by atoms with Crippen molar-refractivity contribution in [2.75, 3.05) is 5.32 Å². The van der Waals surface area contributed by atoms with Crippen molar-refractivity contribution in [3.63, 3.8) is 0 Å². The van der Waals surface area contributed by atoms with Gasteiger partial charge in [0, 0.05) is 11.1 Å². The maximum absolute atomic E-state index is 12.2. The number of fused-ring (bicyclic) bond motifs is 1. The molecule has 1 heterocycles. The molecule has 0 fully saturated rings. The molecule has 3 aromatic rings. The Kier molecular flexibility index (Phi) is 4.59. The minimum atomic E-state index is -1.27. The van der Waals surface area contributed by atoms with Gasteiger partial charge in [0.1, 0.15) is 16.9 Å². The lowest BCUT2D eigenvalue weighted by Crippen LogP contribution is -2.33. The molecule has 0 radical (unpaired) electrons. The molecule has 7 nitrogen and oxygen atoms in total. The van der Waals surface area contributed by atoms with Gasteiger partial charge in [-0.15, -0.1) is 0 Å². The van der Waals surface area contributed by atoms with Gasteiger partial charge in [0.25, 0.3) is 5.91 Å². The molecule has 0 saturated heterocycles. The van der Waals surface area contributed by atoms with E-state index in [0.717, 1.165) is 5.39 Å². The highest BCUT2D eigenvalue weighted by molar-refractivity contribution is 7.80. The summed E-state index contributed by atoms with van der Waals surface area (Å²) in [4.78, 5) is 23.4. The van der Waals surface area contributed by atoms with Gasteiger partial charge in [-0.2, -0.15) is 0 Å². The molecular weight excluding hydrogens is 356 g/mol. The third-order valence-corrected chi connectivity index (χ3v) is 3.87. The maximum atomic E-state index is 12.2. The monoisotopic (exact) mass is 370 g/mol. The van der Waals surface area contributed by atoms with E-state index in [-0.39, 0.29) is 22.2 Å². The van der Waals surface area contributed by atoms with Gasteiger partial charge in [-0.05, 0) is 49.0 Å². The lowest BCUT2D eigenvalue weighted by Gasteiger charge is -2.11. The van der Waals surface area contributed by atoms with Crippen molar-refractivity contribution < 1.29 is 24.2 Å². The Morgan fingerprint density at radius 2 is 1.88 bits per heavy atom. The Labute approximate surface area is 153 Å². The van der Waals surface area contributed by atoms with Crippen molar-refractivity contribution in [3.8, 4) is 5.75 Å². The van der Waals surface area contributed by atoms with Crippen molar-refractivity contribution in [3.05, 3.63) is 59.4 Å². The molecule has 132 valence electrons. The second-order valence-corrected chi connectivity index (χ2v) is 5.96. The quantitative estimate of drug-likeness (QED) is 0.413. The van der Waals surface area contributed by atoms with Crippen LogP contribution < -0.4 is 10.6 Å². The molecule has 0 unspecified atom stereocenters. The number of amides is 1. The zero-order valence-electron chi connectivity index (χ0n) is 13.6. The summed E-state index contributed by atoms with van der Waals surface area (Å²) >= 11 is 5.08. The summed E-state index contributed by atoms with van der Waals surface area (Å²) < 4.78 is 5.46. The number of thiocarbonyl (C=S) groups is 1. The first-order chi connectivity index (χ1) is 12.3. The van der Waals surface area contributed by atoms with E-state index >= 15 is 0 Å². The van der Waals surface area contributed by atoms with Crippen LogP contribution in [0.15, 0.2) is 46.9 Å². The molecule has 1 aromatic heterocycles. The molecule has 0 aliphatic carbocycles. The number of aromatic carboxylic acids is 1. The number of benzene rings is 2. The number of hydrogen-bond acceptors (Lipinski definition) is 5. The molecule has 0 saturated carbocycles. The number of carboxylic acid groups (broad SMARTS) is 1. The number of furan rings is 1. The van der Waals surface area contributed by atoms with Gasteiger partial charge in [0.2, 0.25) is 0 Å². The smallest absolute Gasteiger partial charge is 0.339 e. The summed E-state index contributed by atoms with van der Waals surface area (Å²) in [6.45, 7) is 1.56. The zero-order valence-corrected chi connectivity index (χ0v) is 14.4. The summed E-state index contributed by atoms with van der Waals surface area (Å²) in [5.74, 6) is -2.03. The van der Waals surface area contributed by atoms with E-state index in [4.69, 9.17) is 21.7 Å². The fourth-order valence-corrected chi connectivity index (χ4v) is 2.65. The van der Waals surface area contributed by atoms with Crippen molar-refractivity contribution in [1.82, 2.24) is 5.32 Å². The number of carbonyl (C=O) groups is 2. The van der Waals surface area contributed by atoms with Crippen LogP contribution in [0.4, 0.5) is 5.69 Å². The molecule has 1 amide bonds. The molecule has 4 N–H and O–H groups in total. The molecular formula is C18H14N2O5S. The summed E-state index contributed by atoms with van der Waals surface area (Å²) in [7, 11) is 0. The fraction of sp³-hybridized carbons (Fsp3) is 0.0556. The minimum absolute atomic E-state index is 0.0307. The first kappa shape index (κ1) is 17.4. The number of nitrogens with one attached hydrogen (secondary N) is 2. The van der Waals surface area contributed by atoms with Gasteiger partial charge < -0.3 is 19.9 Å². The molecule has 0 aliphatic rings. The van der Waals surface area contributed by atoms with Gasteiger partial charge in [-0.25, -0.2) is 4.79 Å². The standard InChI is InChI=1S/C18H14N2O5S/c1-9-6-11(8-12(15(9)21)17(23)24)19-18(26)20-16(22)14-7-10-4-2-3-5-13(10)25-14/h2-8,21H,1H3,(H,23,24)(H2,19,20,22,26). The lowest BCUT2D eigenvalue weighted by molar-refractivity contribution is 0.0693. The third-order valence-electron chi connectivity index (χ3n) is 3.67. The average Bonchev–Trinajstić information content (AvgIpc) is 3.01. The van der Waals surface area contributed by atoms with E-state index in [1.807, 2.05) is 12.1 Å². The number of carbonyl (C=O) groups excluding carboxylic acids is 1. The Hall–Kier alpha value is -3.39. The van der Waals surface area contributed by atoms with Crippen LogP contribution >= 0.6 is 12.2 Å². The average molecular weight is 370 g/mol. The van der Waals surface area contributed by atoms with E-state index < -0.39 is 11.9 Å². The second kappa shape index (κ2) is 6.85. The van der Waals surface area contributed by atoms with Crippen molar-refractivity contribution >= 4 is 45.9 Å². The predicted molar refractivity (Wildman–Crippen MR) is 99.7 cm³/mol. The Balaban J connectivity index is 1.74. The van der Waals surface area contributed by atoms with Crippen LogP contribution in [-0.2, 0) is 0 Å². The third kappa shape index (κ3) is 3.50. The highest BCUT2D eigenvalue weighted by Crippen LogP contribution is 2.26. The molecule has 3 rings (SSSR count). The molecule has 8 heteroatoms. The van der Waals surface area contributed by atoms with E-state index in [1.165, 1.54) is 12.1 Å². The van der Waals surface area contributed by atoms with Crippen LogP contribution in [0.5, 0.6) is 5.75 Å². The van der Waals surface area contributed by atoms with E-state index in [9.17, 15) is 14.7 Å². The van der Waals surface area contributed by atoms with Crippen molar-refractivity contribution in [1.29, 1.82) is 0 Å². The predicted octanol–water partition coefficient (Wildman–Crippen LogP) is 3.27. The summed E-state index contributed by atoms with van der Waals surface area (Å²) in [6.07, 6.45) is 0. The lowest BCUT2D eigenvalue weighted by atomic mass is 10.1. The number of carboxylic acids is 1. The number of phenols is 1. The van der Waals surface area contributed by atoms with Crippen LogP contribution in [0.1, 0.15) is 26.5 Å². The highest BCUT2D eigenvalue weighted by Gasteiger charge is 2.16. The maximum Gasteiger partial charge on any atom is 0.339 e. The Morgan fingerprint density at radius 3 is 2.58 bits per heavy atom. The van der Waals surface area contributed by atoms with Crippen LogP contribution in [0.2, 0.25) is 0 Å². The van der Waals surface area contributed by atoms with E-state index in [1.54, 1.807) is 25.1 Å². The van der Waals surface area contributed by atoms with E-state index in [0.29, 0.717) is 16.8 Å². The number of hydrogen-bond donors (Lipinski definition) is 4. The first-order valence-electron chi connectivity index (χ1n) is 7.53. The molecule has 0 spiro atoms. The number of aromatic hydroxyl groups is 1. The van der Waals surface area contributed by atoms with Gasteiger partial charge in [0.15, 0.2) is 10.9 Å². The molecule has 2 aromatic carbocycles. The normalized spacial score (nSPS) is 10.5. The van der Waals surface area contributed by atoms with Crippen molar-refractivity contribution in [2.45, 2.75) is 6.92 Å². The van der Waals surface area contributed by atoms with Crippen LogP contribution in [0.3, 0.4) is 0 Å². The molecule has 26 heavy (non-hydrogen) atoms. The van der Waals surface area contributed by atoms with Gasteiger partial charge in [-0.3, -0.25) is 10.1 Å². The molecule has 0 atom stereocenters.